The van der Waals surface area contributed by atoms with Gasteiger partial charge in [0, 0.05) is 10.2 Å². The van der Waals surface area contributed by atoms with Gasteiger partial charge in [-0.2, -0.15) is 0 Å². The predicted octanol–water partition coefficient (Wildman–Crippen LogP) is 4.29. The molecule has 2 saturated carbocycles. The highest BCUT2D eigenvalue weighted by atomic mass is 79.9. The molecular weight excluding hydrogens is 252 g/mol. The summed E-state index contributed by atoms with van der Waals surface area (Å²) in [6.45, 7) is 4.65. The van der Waals surface area contributed by atoms with E-state index >= 15 is 0 Å². The predicted molar refractivity (Wildman–Crippen MR) is 67.5 cm³/mol. The highest BCUT2D eigenvalue weighted by Gasteiger charge is 2.50. The van der Waals surface area contributed by atoms with Gasteiger partial charge in [0.25, 0.3) is 0 Å². The summed E-state index contributed by atoms with van der Waals surface area (Å²) in [6, 6.07) is 0. The third kappa shape index (κ3) is 2.26. The number of ether oxygens (including phenoxy) is 1. The lowest BCUT2D eigenvalue weighted by Gasteiger charge is -2.52. The van der Waals surface area contributed by atoms with Crippen molar-refractivity contribution in [2.75, 3.05) is 0 Å². The van der Waals surface area contributed by atoms with Gasteiger partial charge in [0.2, 0.25) is 0 Å². The molecule has 0 bridgehead atoms. The molecule has 2 rings (SSSR count). The second-order valence-corrected chi connectivity index (χ2v) is 6.55. The summed E-state index contributed by atoms with van der Waals surface area (Å²) in [5, 5.41) is 0. The number of rotatable bonds is 3. The lowest BCUT2D eigenvalue weighted by molar-refractivity contribution is -0.137. The van der Waals surface area contributed by atoms with Crippen molar-refractivity contribution in [2.45, 2.75) is 75.8 Å². The molecule has 0 spiro atoms. The average Bonchev–Trinajstić information content (AvgIpc) is 2.29. The van der Waals surface area contributed by atoms with E-state index in [-0.39, 0.29) is 0 Å². The van der Waals surface area contributed by atoms with Gasteiger partial charge in [-0.25, -0.2) is 0 Å². The van der Waals surface area contributed by atoms with Gasteiger partial charge in [0.1, 0.15) is 0 Å². The standard InChI is InChI=1S/C13H23BrO/c1-3-13(2)11(14)9-12(13)15-10-7-5-4-6-8-10/h10-12H,3-9H2,1-2H3. The van der Waals surface area contributed by atoms with E-state index < -0.39 is 0 Å². The number of hydrogen-bond acceptors (Lipinski definition) is 1. The Morgan fingerprint density at radius 2 is 1.93 bits per heavy atom. The van der Waals surface area contributed by atoms with Crippen LogP contribution in [0.5, 0.6) is 0 Å². The Balaban J connectivity index is 1.84. The molecule has 0 N–H and O–H groups in total. The van der Waals surface area contributed by atoms with Crippen molar-refractivity contribution in [2.24, 2.45) is 5.41 Å². The first-order chi connectivity index (χ1) is 7.16. The lowest BCUT2D eigenvalue weighted by atomic mass is 9.65. The zero-order valence-electron chi connectivity index (χ0n) is 9.97. The second-order valence-electron chi connectivity index (χ2n) is 5.45. The molecule has 0 aromatic carbocycles. The Morgan fingerprint density at radius 1 is 1.27 bits per heavy atom. The maximum Gasteiger partial charge on any atom is 0.0653 e. The van der Waals surface area contributed by atoms with E-state index in [4.69, 9.17) is 4.74 Å². The van der Waals surface area contributed by atoms with Crippen molar-refractivity contribution in [3.8, 4) is 0 Å². The quantitative estimate of drug-likeness (QED) is 0.698. The topological polar surface area (TPSA) is 9.23 Å². The van der Waals surface area contributed by atoms with E-state index in [1.165, 1.54) is 44.9 Å². The van der Waals surface area contributed by atoms with Gasteiger partial charge < -0.3 is 4.74 Å². The molecule has 88 valence electrons. The highest BCUT2D eigenvalue weighted by molar-refractivity contribution is 9.09. The molecular formula is C13H23BrO. The molecule has 2 fully saturated rings. The zero-order chi connectivity index (χ0) is 10.9. The van der Waals surface area contributed by atoms with E-state index in [1.54, 1.807) is 0 Å². The van der Waals surface area contributed by atoms with Crippen LogP contribution in [0.1, 0.15) is 58.8 Å². The van der Waals surface area contributed by atoms with Gasteiger partial charge in [-0.3, -0.25) is 0 Å². The van der Waals surface area contributed by atoms with E-state index in [0.717, 1.165) is 0 Å². The molecule has 0 radical (unpaired) electrons. The van der Waals surface area contributed by atoms with Crippen LogP contribution in [0.3, 0.4) is 0 Å². The molecule has 0 aromatic rings. The monoisotopic (exact) mass is 274 g/mol. The van der Waals surface area contributed by atoms with Crippen molar-refractivity contribution in [3.05, 3.63) is 0 Å². The van der Waals surface area contributed by atoms with Crippen LogP contribution < -0.4 is 0 Å². The lowest BCUT2D eigenvalue weighted by Crippen LogP contribution is -2.54. The minimum Gasteiger partial charge on any atom is -0.374 e. The molecule has 0 amide bonds. The Morgan fingerprint density at radius 3 is 2.47 bits per heavy atom. The first kappa shape index (κ1) is 11.9. The summed E-state index contributed by atoms with van der Waals surface area (Å²) in [4.78, 5) is 0.670. The second kappa shape index (κ2) is 4.75. The van der Waals surface area contributed by atoms with Gasteiger partial charge in [0.15, 0.2) is 0 Å². The fourth-order valence-corrected chi connectivity index (χ4v) is 3.82. The maximum absolute atomic E-state index is 6.27. The molecule has 2 aliphatic rings. The molecule has 2 heteroatoms. The first-order valence-corrected chi connectivity index (χ1v) is 7.38. The molecule has 3 unspecified atom stereocenters. The molecule has 3 atom stereocenters. The van der Waals surface area contributed by atoms with Gasteiger partial charge in [-0.1, -0.05) is 49.0 Å². The Kier molecular flexibility index (Phi) is 3.77. The van der Waals surface area contributed by atoms with Crippen LogP contribution in [0.4, 0.5) is 0 Å². The summed E-state index contributed by atoms with van der Waals surface area (Å²) >= 11 is 3.77. The zero-order valence-corrected chi connectivity index (χ0v) is 11.6. The molecule has 0 saturated heterocycles. The smallest absolute Gasteiger partial charge is 0.0653 e. The van der Waals surface area contributed by atoms with Crippen molar-refractivity contribution >= 4 is 15.9 Å². The minimum atomic E-state index is 0.386. The minimum absolute atomic E-state index is 0.386. The molecule has 0 aliphatic heterocycles. The summed E-state index contributed by atoms with van der Waals surface area (Å²) in [5.74, 6) is 0. The molecule has 2 aliphatic carbocycles. The normalized spacial score (nSPS) is 42.6. The van der Waals surface area contributed by atoms with Crippen LogP contribution >= 0.6 is 15.9 Å². The van der Waals surface area contributed by atoms with Crippen molar-refractivity contribution in [1.29, 1.82) is 0 Å². The molecule has 0 aromatic heterocycles. The Labute approximate surface area is 102 Å². The van der Waals surface area contributed by atoms with Crippen molar-refractivity contribution < 1.29 is 4.74 Å². The van der Waals surface area contributed by atoms with E-state index in [0.29, 0.717) is 22.5 Å². The van der Waals surface area contributed by atoms with Crippen LogP contribution in [0.25, 0.3) is 0 Å². The maximum atomic E-state index is 6.27. The van der Waals surface area contributed by atoms with Gasteiger partial charge in [-0.15, -0.1) is 0 Å². The van der Waals surface area contributed by atoms with Crippen LogP contribution in [0.15, 0.2) is 0 Å². The largest absolute Gasteiger partial charge is 0.374 e. The van der Waals surface area contributed by atoms with Crippen LogP contribution in [0.2, 0.25) is 0 Å². The summed E-state index contributed by atoms with van der Waals surface area (Å²) < 4.78 is 6.27. The first-order valence-electron chi connectivity index (χ1n) is 6.46. The van der Waals surface area contributed by atoms with Gasteiger partial charge in [-0.05, 0) is 25.7 Å². The summed E-state index contributed by atoms with van der Waals surface area (Å²) in [6.07, 6.45) is 10.3. The van der Waals surface area contributed by atoms with Crippen molar-refractivity contribution in [3.63, 3.8) is 0 Å². The number of alkyl halides is 1. The molecule has 0 heterocycles. The van der Waals surface area contributed by atoms with Crippen molar-refractivity contribution in [1.82, 2.24) is 0 Å². The molecule has 15 heavy (non-hydrogen) atoms. The number of hydrogen-bond donors (Lipinski definition) is 0. The van der Waals surface area contributed by atoms with Crippen LogP contribution in [-0.4, -0.2) is 17.0 Å². The van der Waals surface area contributed by atoms with Crippen LogP contribution in [-0.2, 0) is 4.74 Å². The SMILES string of the molecule is CCC1(C)C(Br)CC1OC1CCCCC1. The van der Waals surface area contributed by atoms with E-state index in [2.05, 4.69) is 29.8 Å². The number of halogens is 1. The van der Waals surface area contributed by atoms with Crippen LogP contribution in [0, 0.1) is 5.41 Å². The Hall–Kier alpha value is 0.440. The fraction of sp³-hybridized carbons (Fsp3) is 1.00. The third-order valence-corrected chi connectivity index (χ3v) is 5.96. The summed E-state index contributed by atoms with van der Waals surface area (Å²) in [5.41, 5.74) is 0.386. The summed E-state index contributed by atoms with van der Waals surface area (Å²) in [7, 11) is 0. The fourth-order valence-electron chi connectivity index (χ4n) is 2.86. The van der Waals surface area contributed by atoms with E-state index in [1.807, 2.05) is 0 Å². The highest BCUT2D eigenvalue weighted by Crippen LogP contribution is 2.50. The van der Waals surface area contributed by atoms with Gasteiger partial charge in [0.05, 0.1) is 12.2 Å². The molecule has 1 nitrogen and oxygen atoms in total. The van der Waals surface area contributed by atoms with E-state index in [9.17, 15) is 0 Å². The average molecular weight is 275 g/mol. The Bertz CT molecular complexity index is 213. The third-order valence-electron chi connectivity index (χ3n) is 4.54. The van der Waals surface area contributed by atoms with Gasteiger partial charge >= 0.3 is 0 Å².